The molecule has 32 heavy (non-hydrogen) atoms. The van der Waals surface area contributed by atoms with Crippen molar-refractivity contribution in [2.45, 2.75) is 25.6 Å². The Balaban J connectivity index is 1.36. The Morgan fingerprint density at radius 1 is 1.00 bits per heavy atom. The number of fused-ring (bicyclic) bond motifs is 2. The van der Waals surface area contributed by atoms with E-state index in [1.807, 2.05) is 30.3 Å². The van der Waals surface area contributed by atoms with E-state index in [9.17, 15) is 14.4 Å². The molecule has 0 aromatic heterocycles. The molecule has 0 saturated heterocycles. The van der Waals surface area contributed by atoms with Gasteiger partial charge in [-0.2, -0.15) is 0 Å². The lowest BCUT2D eigenvalue weighted by atomic mass is 9.93. The van der Waals surface area contributed by atoms with Crippen LogP contribution in [-0.4, -0.2) is 23.9 Å². The Kier molecular flexibility index (Phi) is 4.86. The zero-order chi connectivity index (χ0) is 22.2. The number of anilines is 2. The quantitative estimate of drug-likeness (QED) is 0.613. The Bertz CT molecular complexity index is 1240. The Morgan fingerprint density at radius 3 is 2.62 bits per heavy atom. The average Bonchev–Trinajstić information content (AvgIpc) is 2.80. The standard InChI is InChI=1S/C25H20N2O5/c1-14-23(28)27-20-13-18(8-10-21(20)31-14)26-24(29)16-7-9-19-17(11-16)12-22(32-25(19)30)15-5-3-2-4-6-15/h2-11,13-14,22H,12H2,1H3,(H,26,29)(H,27,28)/t14-,22+/m1/s1. The summed E-state index contributed by atoms with van der Waals surface area (Å²) in [5, 5.41) is 5.60. The van der Waals surface area contributed by atoms with Crippen LogP contribution in [0.5, 0.6) is 5.75 Å². The summed E-state index contributed by atoms with van der Waals surface area (Å²) in [6, 6.07) is 19.5. The topological polar surface area (TPSA) is 93.7 Å². The van der Waals surface area contributed by atoms with E-state index in [-0.39, 0.29) is 17.9 Å². The minimum Gasteiger partial charge on any atom is -0.479 e. The molecule has 2 atom stereocenters. The Hall–Kier alpha value is -4.13. The van der Waals surface area contributed by atoms with Crippen LogP contribution in [-0.2, 0) is 16.0 Å². The number of carbonyl (C=O) groups excluding carboxylic acids is 3. The van der Waals surface area contributed by atoms with E-state index in [2.05, 4.69) is 10.6 Å². The van der Waals surface area contributed by atoms with Gasteiger partial charge in [-0.25, -0.2) is 4.79 Å². The summed E-state index contributed by atoms with van der Waals surface area (Å²) >= 11 is 0. The van der Waals surface area contributed by atoms with Gasteiger partial charge in [0.15, 0.2) is 6.10 Å². The Morgan fingerprint density at radius 2 is 1.81 bits per heavy atom. The second-order valence-electron chi connectivity index (χ2n) is 7.80. The zero-order valence-corrected chi connectivity index (χ0v) is 17.3. The number of nitrogens with one attached hydrogen (secondary N) is 2. The molecule has 0 spiro atoms. The number of ether oxygens (including phenoxy) is 2. The molecule has 2 heterocycles. The van der Waals surface area contributed by atoms with Crippen molar-refractivity contribution in [1.29, 1.82) is 0 Å². The molecule has 7 nitrogen and oxygen atoms in total. The van der Waals surface area contributed by atoms with Gasteiger partial charge in [-0.05, 0) is 54.4 Å². The number of hydrogen-bond acceptors (Lipinski definition) is 5. The molecular formula is C25H20N2O5. The van der Waals surface area contributed by atoms with Gasteiger partial charge < -0.3 is 20.1 Å². The van der Waals surface area contributed by atoms with Crippen molar-refractivity contribution in [2.75, 3.05) is 10.6 Å². The molecule has 0 unspecified atom stereocenters. The van der Waals surface area contributed by atoms with Gasteiger partial charge in [-0.1, -0.05) is 30.3 Å². The molecule has 0 bridgehead atoms. The van der Waals surface area contributed by atoms with Crippen LogP contribution in [0.2, 0.25) is 0 Å². The first-order valence-corrected chi connectivity index (χ1v) is 10.3. The van der Waals surface area contributed by atoms with Gasteiger partial charge in [-0.15, -0.1) is 0 Å². The molecule has 3 aromatic carbocycles. The second kappa shape index (κ2) is 7.85. The van der Waals surface area contributed by atoms with Crippen molar-refractivity contribution in [3.8, 4) is 5.75 Å². The number of cyclic esters (lactones) is 1. The van der Waals surface area contributed by atoms with E-state index in [1.165, 1.54) is 0 Å². The van der Waals surface area contributed by atoms with Crippen molar-refractivity contribution < 1.29 is 23.9 Å². The minimum absolute atomic E-state index is 0.240. The van der Waals surface area contributed by atoms with Crippen LogP contribution in [0.4, 0.5) is 11.4 Å². The highest BCUT2D eigenvalue weighted by Gasteiger charge is 2.28. The summed E-state index contributed by atoms with van der Waals surface area (Å²) in [5.41, 5.74) is 3.60. The summed E-state index contributed by atoms with van der Waals surface area (Å²) in [6.45, 7) is 1.67. The van der Waals surface area contributed by atoms with Crippen molar-refractivity contribution in [3.05, 3.63) is 89.0 Å². The van der Waals surface area contributed by atoms with Gasteiger partial charge >= 0.3 is 5.97 Å². The normalized spacial score (nSPS) is 19.0. The first-order chi connectivity index (χ1) is 15.5. The van der Waals surface area contributed by atoms with Crippen molar-refractivity contribution in [2.24, 2.45) is 0 Å². The minimum atomic E-state index is -0.565. The van der Waals surface area contributed by atoms with Crippen LogP contribution in [0.1, 0.15) is 44.9 Å². The smallest absolute Gasteiger partial charge is 0.339 e. The lowest BCUT2D eigenvalue weighted by Crippen LogP contribution is -2.34. The fourth-order valence-electron chi connectivity index (χ4n) is 3.88. The lowest BCUT2D eigenvalue weighted by molar-refractivity contribution is -0.122. The largest absolute Gasteiger partial charge is 0.479 e. The second-order valence-corrected chi connectivity index (χ2v) is 7.80. The number of carbonyl (C=O) groups is 3. The molecule has 5 rings (SSSR count). The number of hydrogen-bond donors (Lipinski definition) is 2. The van der Waals surface area contributed by atoms with Gasteiger partial charge in [0.1, 0.15) is 11.9 Å². The van der Waals surface area contributed by atoms with Crippen molar-refractivity contribution >= 4 is 29.2 Å². The predicted molar refractivity (Wildman–Crippen MR) is 118 cm³/mol. The first kappa shape index (κ1) is 19.8. The first-order valence-electron chi connectivity index (χ1n) is 10.3. The summed E-state index contributed by atoms with van der Waals surface area (Å²) < 4.78 is 11.1. The third-order valence-electron chi connectivity index (χ3n) is 5.58. The number of rotatable bonds is 3. The summed E-state index contributed by atoms with van der Waals surface area (Å²) in [6.07, 6.45) is -0.460. The number of benzene rings is 3. The van der Waals surface area contributed by atoms with Crippen LogP contribution in [0.25, 0.3) is 0 Å². The van der Waals surface area contributed by atoms with E-state index in [0.29, 0.717) is 34.7 Å². The highest BCUT2D eigenvalue weighted by Crippen LogP contribution is 2.33. The summed E-state index contributed by atoms with van der Waals surface area (Å²) in [7, 11) is 0. The fourth-order valence-corrected chi connectivity index (χ4v) is 3.88. The molecule has 0 radical (unpaired) electrons. The maximum absolute atomic E-state index is 12.9. The average molecular weight is 428 g/mol. The van der Waals surface area contributed by atoms with Crippen LogP contribution in [0.3, 0.4) is 0 Å². The molecule has 160 valence electrons. The van der Waals surface area contributed by atoms with Gasteiger partial charge in [0.2, 0.25) is 0 Å². The van der Waals surface area contributed by atoms with E-state index >= 15 is 0 Å². The van der Waals surface area contributed by atoms with Gasteiger partial charge in [0.25, 0.3) is 11.8 Å². The molecule has 2 aliphatic heterocycles. The molecule has 0 saturated carbocycles. The molecule has 0 aliphatic carbocycles. The van der Waals surface area contributed by atoms with Crippen molar-refractivity contribution in [1.82, 2.24) is 0 Å². The molecule has 2 N–H and O–H groups in total. The van der Waals surface area contributed by atoms with Crippen LogP contribution in [0.15, 0.2) is 66.7 Å². The number of amides is 2. The van der Waals surface area contributed by atoms with E-state index in [0.717, 1.165) is 11.1 Å². The molecular weight excluding hydrogens is 408 g/mol. The van der Waals surface area contributed by atoms with Crippen LogP contribution in [0, 0.1) is 0 Å². The SMILES string of the molecule is C[C@H]1Oc2ccc(NC(=O)c3ccc4c(c3)C[C@@H](c3ccccc3)OC4=O)cc2NC1=O. The predicted octanol–water partition coefficient (Wildman–Crippen LogP) is 4.11. The van der Waals surface area contributed by atoms with Crippen LogP contribution < -0.4 is 15.4 Å². The van der Waals surface area contributed by atoms with Gasteiger partial charge in [0.05, 0.1) is 11.3 Å². The Labute approximate surface area is 184 Å². The maximum atomic E-state index is 12.9. The molecule has 2 amide bonds. The third kappa shape index (κ3) is 3.69. The van der Waals surface area contributed by atoms with Gasteiger partial charge in [0, 0.05) is 17.7 Å². The molecule has 3 aromatic rings. The van der Waals surface area contributed by atoms with E-state index in [4.69, 9.17) is 9.47 Å². The van der Waals surface area contributed by atoms with E-state index < -0.39 is 12.1 Å². The van der Waals surface area contributed by atoms with Crippen molar-refractivity contribution in [3.63, 3.8) is 0 Å². The number of esters is 1. The highest BCUT2D eigenvalue weighted by molar-refractivity contribution is 6.06. The molecule has 2 aliphatic rings. The summed E-state index contributed by atoms with van der Waals surface area (Å²) in [5.74, 6) is -0.407. The third-order valence-corrected chi connectivity index (χ3v) is 5.58. The van der Waals surface area contributed by atoms with Crippen LogP contribution >= 0.6 is 0 Å². The van der Waals surface area contributed by atoms with Gasteiger partial charge in [-0.3, -0.25) is 9.59 Å². The summed E-state index contributed by atoms with van der Waals surface area (Å²) in [4.78, 5) is 37.2. The monoisotopic (exact) mass is 428 g/mol. The van der Waals surface area contributed by atoms with E-state index in [1.54, 1.807) is 43.3 Å². The fraction of sp³-hybridized carbons (Fsp3) is 0.160. The molecule has 7 heteroatoms. The zero-order valence-electron chi connectivity index (χ0n) is 17.3. The highest BCUT2D eigenvalue weighted by atomic mass is 16.5. The molecule has 0 fully saturated rings. The maximum Gasteiger partial charge on any atom is 0.339 e. The lowest BCUT2D eigenvalue weighted by Gasteiger charge is -2.25.